The first-order chi connectivity index (χ1) is 10.5. The van der Waals surface area contributed by atoms with Gasteiger partial charge in [0.25, 0.3) is 5.91 Å². The highest BCUT2D eigenvalue weighted by molar-refractivity contribution is 7.20. The van der Waals surface area contributed by atoms with Crippen molar-refractivity contribution in [1.82, 2.24) is 14.9 Å². The van der Waals surface area contributed by atoms with E-state index in [1.807, 2.05) is 18.2 Å². The molecule has 2 heterocycles. The Morgan fingerprint density at radius 3 is 2.55 bits per heavy atom. The monoisotopic (exact) mass is 332 g/mol. The number of thiophene rings is 1. The van der Waals surface area contributed by atoms with Crippen LogP contribution >= 0.6 is 22.9 Å². The third kappa shape index (κ3) is 2.63. The van der Waals surface area contributed by atoms with Crippen molar-refractivity contribution in [2.24, 2.45) is 0 Å². The third-order valence-electron chi connectivity index (χ3n) is 3.14. The van der Waals surface area contributed by atoms with Gasteiger partial charge >= 0.3 is 0 Å². The Hall–Kier alpha value is -2.18. The minimum atomic E-state index is -0.0661. The zero-order valence-corrected chi connectivity index (χ0v) is 13.6. The fraction of sp³-hybridized carbons (Fsp3) is 0.133. The van der Waals surface area contributed by atoms with Crippen LogP contribution in [0.5, 0.6) is 0 Å². The van der Waals surface area contributed by atoms with Crippen molar-refractivity contribution >= 4 is 45.0 Å². The van der Waals surface area contributed by atoms with Gasteiger partial charge in [-0.1, -0.05) is 23.7 Å². The molecule has 112 valence electrons. The summed E-state index contributed by atoms with van der Waals surface area (Å²) in [6, 6.07) is 9.13. The molecule has 0 fully saturated rings. The van der Waals surface area contributed by atoms with Gasteiger partial charge in [0.1, 0.15) is 4.83 Å². The molecule has 0 aliphatic carbocycles. The first-order valence-corrected chi connectivity index (χ1v) is 7.70. The maximum absolute atomic E-state index is 12.1. The minimum Gasteiger partial charge on any atom is -0.368 e. The molecule has 0 saturated heterocycles. The molecule has 2 aromatic heterocycles. The molecule has 3 aromatic rings. The number of hydrogen-bond donors (Lipinski definition) is 1. The number of rotatable bonds is 2. The van der Waals surface area contributed by atoms with E-state index < -0.39 is 0 Å². The molecule has 0 aliphatic heterocycles. The molecule has 5 nitrogen and oxygen atoms in total. The van der Waals surface area contributed by atoms with Gasteiger partial charge in [0.05, 0.1) is 10.6 Å². The molecule has 0 atom stereocenters. The molecule has 0 radical (unpaired) electrons. The highest BCUT2D eigenvalue weighted by Crippen LogP contribution is 2.33. The van der Waals surface area contributed by atoms with Gasteiger partial charge in [0, 0.05) is 30.1 Å². The van der Waals surface area contributed by atoms with Crippen molar-refractivity contribution in [2.45, 2.75) is 0 Å². The quantitative estimate of drug-likeness (QED) is 0.781. The summed E-state index contributed by atoms with van der Waals surface area (Å²) >= 11 is 7.24. The number of benzene rings is 1. The average Bonchev–Trinajstić information content (AvgIpc) is 2.90. The second-order valence-electron chi connectivity index (χ2n) is 4.97. The number of amides is 1. The Balaban J connectivity index is 2.21. The summed E-state index contributed by atoms with van der Waals surface area (Å²) in [6.07, 6.45) is 0. The van der Waals surface area contributed by atoms with E-state index in [4.69, 9.17) is 17.3 Å². The Labute approximate surface area is 136 Å². The van der Waals surface area contributed by atoms with E-state index in [0.29, 0.717) is 20.4 Å². The van der Waals surface area contributed by atoms with Crippen LogP contribution < -0.4 is 5.73 Å². The number of carbonyl (C=O) groups is 1. The van der Waals surface area contributed by atoms with E-state index in [1.54, 1.807) is 26.2 Å². The van der Waals surface area contributed by atoms with E-state index in [-0.39, 0.29) is 11.9 Å². The number of hydrogen-bond acceptors (Lipinski definition) is 5. The molecule has 0 saturated carbocycles. The lowest BCUT2D eigenvalue weighted by molar-refractivity contribution is 0.0832. The van der Waals surface area contributed by atoms with E-state index in [9.17, 15) is 4.79 Å². The first-order valence-electron chi connectivity index (χ1n) is 6.50. The normalized spacial score (nSPS) is 10.9. The Kier molecular flexibility index (Phi) is 3.72. The number of carbonyl (C=O) groups excluding carboxylic acids is 1. The predicted molar refractivity (Wildman–Crippen MR) is 90.3 cm³/mol. The van der Waals surface area contributed by atoms with Crippen LogP contribution in [0.3, 0.4) is 0 Å². The molecule has 0 spiro atoms. The van der Waals surface area contributed by atoms with Crippen LogP contribution in [0.25, 0.3) is 21.5 Å². The summed E-state index contributed by atoms with van der Waals surface area (Å²) in [6.45, 7) is 0. The summed E-state index contributed by atoms with van der Waals surface area (Å²) < 4.78 is 0. The zero-order chi connectivity index (χ0) is 15.9. The number of halogens is 1. The largest absolute Gasteiger partial charge is 0.368 e. The molecule has 0 aliphatic rings. The van der Waals surface area contributed by atoms with Gasteiger partial charge in [-0.25, -0.2) is 9.97 Å². The average molecular weight is 333 g/mol. The summed E-state index contributed by atoms with van der Waals surface area (Å²) in [5, 5.41) is 1.46. The van der Waals surface area contributed by atoms with Crippen molar-refractivity contribution in [3.63, 3.8) is 0 Å². The molecule has 0 unspecified atom stereocenters. The summed E-state index contributed by atoms with van der Waals surface area (Å²) in [7, 11) is 3.43. The van der Waals surface area contributed by atoms with Gasteiger partial charge < -0.3 is 10.6 Å². The highest BCUT2D eigenvalue weighted by Gasteiger charge is 2.17. The second-order valence-corrected chi connectivity index (χ2v) is 6.43. The number of nitrogen functional groups attached to an aromatic ring is 1. The Morgan fingerprint density at radius 1 is 1.23 bits per heavy atom. The van der Waals surface area contributed by atoms with Crippen molar-refractivity contribution < 1.29 is 4.79 Å². The van der Waals surface area contributed by atoms with Gasteiger partial charge in [0.2, 0.25) is 5.95 Å². The topological polar surface area (TPSA) is 72.1 Å². The number of nitrogens with zero attached hydrogens (tertiary/aromatic N) is 3. The number of anilines is 1. The fourth-order valence-corrected chi connectivity index (χ4v) is 3.28. The zero-order valence-electron chi connectivity index (χ0n) is 12.0. The molecular formula is C15H13ClN4OS. The molecule has 3 rings (SSSR count). The van der Waals surface area contributed by atoms with Gasteiger partial charge in [-0.2, -0.15) is 0 Å². The van der Waals surface area contributed by atoms with Crippen molar-refractivity contribution in [3.8, 4) is 11.3 Å². The maximum Gasteiger partial charge on any atom is 0.263 e. The van der Waals surface area contributed by atoms with E-state index in [2.05, 4.69) is 9.97 Å². The van der Waals surface area contributed by atoms with E-state index in [0.717, 1.165) is 10.9 Å². The van der Waals surface area contributed by atoms with Crippen LogP contribution in [0.2, 0.25) is 5.02 Å². The van der Waals surface area contributed by atoms with Crippen molar-refractivity contribution in [2.75, 3.05) is 19.8 Å². The smallest absolute Gasteiger partial charge is 0.263 e. The fourth-order valence-electron chi connectivity index (χ4n) is 2.09. The van der Waals surface area contributed by atoms with E-state index in [1.165, 1.54) is 16.2 Å². The predicted octanol–water partition coefficient (Wildman–Crippen LogP) is 3.30. The van der Waals surface area contributed by atoms with Crippen LogP contribution in [0, 0.1) is 0 Å². The van der Waals surface area contributed by atoms with E-state index >= 15 is 0 Å². The van der Waals surface area contributed by atoms with Gasteiger partial charge in [0.15, 0.2) is 0 Å². The molecule has 1 amide bonds. The number of aromatic nitrogens is 2. The minimum absolute atomic E-state index is 0.0661. The van der Waals surface area contributed by atoms with Crippen molar-refractivity contribution in [3.05, 3.63) is 40.2 Å². The molecule has 0 bridgehead atoms. The van der Waals surface area contributed by atoms with Crippen LogP contribution in [-0.2, 0) is 0 Å². The van der Waals surface area contributed by atoms with Crippen LogP contribution in [0.15, 0.2) is 30.3 Å². The molecule has 1 aromatic carbocycles. The summed E-state index contributed by atoms with van der Waals surface area (Å²) in [5.41, 5.74) is 7.38. The molecule has 7 heteroatoms. The van der Waals surface area contributed by atoms with Gasteiger partial charge in [-0.05, 0) is 18.2 Å². The van der Waals surface area contributed by atoms with Crippen LogP contribution in [0.1, 0.15) is 9.67 Å². The molecule has 22 heavy (non-hydrogen) atoms. The number of fused-ring (bicyclic) bond motifs is 1. The summed E-state index contributed by atoms with van der Waals surface area (Å²) in [5.74, 6) is 0.117. The second kappa shape index (κ2) is 5.55. The van der Waals surface area contributed by atoms with Gasteiger partial charge in [-0.15, -0.1) is 11.3 Å². The van der Waals surface area contributed by atoms with Crippen molar-refractivity contribution in [1.29, 1.82) is 0 Å². The van der Waals surface area contributed by atoms with Crippen LogP contribution in [-0.4, -0.2) is 34.9 Å². The SMILES string of the molecule is CN(C)C(=O)c1cc2c(-c3ccc(Cl)cc3)nc(N)nc2s1. The standard InChI is InChI=1S/C15H13ClN4OS/c1-20(2)14(21)11-7-10-12(8-3-5-9(16)6-4-8)18-15(17)19-13(10)22-11/h3-7H,1-2H3,(H2,17,18,19). The number of nitrogens with two attached hydrogens (primary N) is 1. The first kappa shape index (κ1) is 14.7. The lowest BCUT2D eigenvalue weighted by atomic mass is 10.1. The molecular weight excluding hydrogens is 320 g/mol. The van der Waals surface area contributed by atoms with Crippen LogP contribution in [0.4, 0.5) is 5.95 Å². The third-order valence-corrected chi connectivity index (χ3v) is 4.41. The lowest BCUT2D eigenvalue weighted by Gasteiger charge is -2.06. The Bertz CT molecular complexity index is 858. The summed E-state index contributed by atoms with van der Waals surface area (Å²) in [4.78, 5) is 23.5. The Morgan fingerprint density at radius 2 is 1.91 bits per heavy atom. The highest BCUT2D eigenvalue weighted by atomic mass is 35.5. The maximum atomic E-state index is 12.1. The molecule has 2 N–H and O–H groups in total. The van der Waals surface area contributed by atoms with Gasteiger partial charge in [-0.3, -0.25) is 4.79 Å². The lowest BCUT2D eigenvalue weighted by Crippen LogP contribution is -2.20.